The highest BCUT2D eigenvalue weighted by atomic mass is 16.7. The number of hydrogen-bond donors (Lipinski definition) is 1. The quantitative estimate of drug-likeness (QED) is 0.396. The van der Waals surface area contributed by atoms with E-state index in [1.165, 1.54) is 0 Å². The van der Waals surface area contributed by atoms with Crippen molar-refractivity contribution in [3.8, 4) is 11.5 Å². The second-order valence-corrected chi connectivity index (χ2v) is 4.31. The van der Waals surface area contributed by atoms with E-state index in [1.807, 2.05) is 0 Å². The van der Waals surface area contributed by atoms with E-state index < -0.39 is 5.97 Å². The maximum Gasteiger partial charge on any atom is 0.365 e. The Morgan fingerprint density at radius 1 is 0.864 bits per heavy atom. The Morgan fingerprint density at radius 2 is 1.32 bits per heavy atom. The molecule has 0 atom stereocenters. The molecule has 0 fully saturated rings. The SMILES string of the molecule is COc1ccc(C(=O)O/N=C(\N)c2ccc(OC)cc2)cc1. The first-order valence-electron chi connectivity index (χ1n) is 6.47. The van der Waals surface area contributed by atoms with Gasteiger partial charge in [-0.1, -0.05) is 5.16 Å². The number of benzene rings is 2. The standard InChI is InChI=1S/C16H16N2O4/c1-20-13-7-3-11(4-8-13)15(17)18-22-16(19)12-5-9-14(21-2)10-6-12/h3-10H,1-2H3,(H2,17,18). The van der Waals surface area contributed by atoms with Crippen LogP contribution in [-0.2, 0) is 4.84 Å². The zero-order chi connectivity index (χ0) is 15.9. The minimum absolute atomic E-state index is 0.101. The van der Waals surface area contributed by atoms with Gasteiger partial charge < -0.3 is 20.0 Å². The third-order valence-corrected chi connectivity index (χ3v) is 2.94. The number of oxime groups is 1. The lowest BCUT2D eigenvalue weighted by molar-refractivity contribution is 0.0516. The summed E-state index contributed by atoms with van der Waals surface area (Å²) in [5, 5.41) is 3.64. The summed E-state index contributed by atoms with van der Waals surface area (Å²) in [5.41, 5.74) is 6.75. The summed E-state index contributed by atoms with van der Waals surface area (Å²) < 4.78 is 10.1. The van der Waals surface area contributed by atoms with Gasteiger partial charge in [0.2, 0.25) is 0 Å². The van der Waals surface area contributed by atoms with Gasteiger partial charge in [-0.05, 0) is 48.5 Å². The van der Waals surface area contributed by atoms with Gasteiger partial charge in [0, 0.05) is 5.56 Å². The molecule has 2 aromatic rings. The minimum Gasteiger partial charge on any atom is -0.497 e. The molecule has 0 heterocycles. The van der Waals surface area contributed by atoms with Crippen molar-refractivity contribution in [3.05, 3.63) is 59.7 Å². The molecule has 0 radical (unpaired) electrons. The molecule has 22 heavy (non-hydrogen) atoms. The van der Waals surface area contributed by atoms with Gasteiger partial charge in [0.25, 0.3) is 0 Å². The molecule has 0 spiro atoms. The Kier molecular flexibility index (Phi) is 4.98. The molecular formula is C16H16N2O4. The lowest BCUT2D eigenvalue weighted by atomic mass is 10.2. The molecule has 0 saturated heterocycles. The van der Waals surface area contributed by atoms with E-state index in [4.69, 9.17) is 20.0 Å². The number of carbonyl (C=O) groups is 1. The smallest absolute Gasteiger partial charge is 0.365 e. The van der Waals surface area contributed by atoms with Crippen LogP contribution in [0.4, 0.5) is 0 Å². The molecule has 2 rings (SSSR count). The number of nitrogens with zero attached hydrogens (tertiary/aromatic N) is 1. The number of rotatable bonds is 5. The molecular weight excluding hydrogens is 284 g/mol. The van der Waals surface area contributed by atoms with Crippen molar-refractivity contribution in [2.45, 2.75) is 0 Å². The lowest BCUT2D eigenvalue weighted by Gasteiger charge is -2.03. The number of amidine groups is 1. The summed E-state index contributed by atoms with van der Waals surface area (Å²) in [7, 11) is 3.12. The van der Waals surface area contributed by atoms with Crippen LogP contribution in [0.3, 0.4) is 0 Å². The van der Waals surface area contributed by atoms with Crippen molar-refractivity contribution < 1.29 is 19.1 Å². The summed E-state index contributed by atoms with van der Waals surface area (Å²) in [5.74, 6) is 0.855. The Balaban J connectivity index is 2.03. The average Bonchev–Trinajstić information content (AvgIpc) is 2.59. The third-order valence-electron chi connectivity index (χ3n) is 2.94. The fourth-order valence-corrected chi connectivity index (χ4v) is 1.68. The van der Waals surface area contributed by atoms with Gasteiger partial charge in [0.15, 0.2) is 5.84 Å². The van der Waals surface area contributed by atoms with Gasteiger partial charge in [0.05, 0.1) is 19.8 Å². The molecule has 2 aromatic carbocycles. The highest BCUT2D eigenvalue weighted by molar-refractivity contribution is 5.98. The van der Waals surface area contributed by atoms with Crippen LogP contribution in [-0.4, -0.2) is 26.0 Å². The van der Waals surface area contributed by atoms with Crippen molar-refractivity contribution >= 4 is 11.8 Å². The average molecular weight is 300 g/mol. The van der Waals surface area contributed by atoms with Gasteiger partial charge in [0.1, 0.15) is 11.5 Å². The molecule has 114 valence electrons. The molecule has 0 aliphatic heterocycles. The van der Waals surface area contributed by atoms with Crippen molar-refractivity contribution in [2.24, 2.45) is 10.9 Å². The number of methoxy groups -OCH3 is 2. The van der Waals surface area contributed by atoms with Crippen LogP contribution in [0.2, 0.25) is 0 Å². The zero-order valence-corrected chi connectivity index (χ0v) is 12.3. The van der Waals surface area contributed by atoms with E-state index in [1.54, 1.807) is 62.8 Å². The summed E-state index contributed by atoms with van der Waals surface area (Å²) >= 11 is 0. The van der Waals surface area contributed by atoms with Crippen LogP contribution >= 0.6 is 0 Å². The van der Waals surface area contributed by atoms with Gasteiger partial charge in [-0.25, -0.2) is 4.79 Å². The Bertz CT molecular complexity index is 664. The molecule has 0 unspecified atom stereocenters. The predicted octanol–water partition coefficient (Wildman–Crippen LogP) is 2.18. The summed E-state index contributed by atoms with van der Waals surface area (Å²) in [6.07, 6.45) is 0. The van der Waals surface area contributed by atoms with Crippen molar-refractivity contribution in [3.63, 3.8) is 0 Å². The largest absolute Gasteiger partial charge is 0.497 e. The van der Waals surface area contributed by atoms with Crippen LogP contribution < -0.4 is 15.2 Å². The van der Waals surface area contributed by atoms with Crippen molar-refractivity contribution in [1.29, 1.82) is 0 Å². The predicted molar refractivity (Wildman–Crippen MR) is 82.1 cm³/mol. The summed E-state index contributed by atoms with van der Waals surface area (Å²) in [4.78, 5) is 16.7. The monoisotopic (exact) mass is 300 g/mol. The number of carbonyl (C=O) groups excluding carboxylic acids is 1. The van der Waals surface area contributed by atoms with Crippen LogP contribution in [0.25, 0.3) is 0 Å². The minimum atomic E-state index is -0.598. The first kappa shape index (κ1) is 15.4. The van der Waals surface area contributed by atoms with E-state index in [0.717, 1.165) is 0 Å². The molecule has 0 aliphatic rings. The molecule has 2 N–H and O–H groups in total. The first-order chi connectivity index (χ1) is 10.6. The summed E-state index contributed by atoms with van der Waals surface area (Å²) in [6, 6.07) is 13.4. The van der Waals surface area contributed by atoms with Gasteiger partial charge in [-0.15, -0.1) is 0 Å². The second kappa shape index (κ2) is 7.12. The van der Waals surface area contributed by atoms with Crippen molar-refractivity contribution in [2.75, 3.05) is 14.2 Å². The topological polar surface area (TPSA) is 83.1 Å². The molecule has 0 aromatic heterocycles. The zero-order valence-electron chi connectivity index (χ0n) is 12.3. The van der Waals surface area contributed by atoms with E-state index in [2.05, 4.69) is 5.16 Å². The number of nitrogens with two attached hydrogens (primary N) is 1. The molecule has 0 bridgehead atoms. The van der Waals surface area contributed by atoms with E-state index in [9.17, 15) is 4.79 Å². The van der Waals surface area contributed by atoms with E-state index in [-0.39, 0.29) is 5.84 Å². The van der Waals surface area contributed by atoms with Gasteiger partial charge >= 0.3 is 5.97 Å². The molecule has 0 amide bonds. The second-order valence-electron chi connectivity index (χ2n) is 4.31. The first-order valence-corrected chi connectivity index (χ1v) is 6.47. The number of hydrogen-bond acceptors (Lipinski definition) is 5. The molecule has 0 saturated carbocycles. The maximum atomic E-state index is 11.8. The van der Waals surface area contributed by atoms with E-state index >= 15 is 0 Å². The van der Waals surface area contributed by atoms with Crippen LogP contribution in [0.1, 0.15) is 15.9 Å². The Hall–Kier alpha value is -3.02. The fraction of sp³-hybridized carbons (Fsp3) is 0.125. The highest BCUT2D eigenvalue weighted by Gasteiger charge is 2.08. The van der Waals surface area contributed by atoms with Crippen LogP contribution in [0.5, 0.6) is 11.5 Å². The van der Waals surface area contributed by atoms with Gasteiger partial charge in [-0.3, -0.25) is 0 Å². The van der Waals surface area contributed by atoms with Crippen molar-refractivity contribution in [1.82, 2.24) is 0 Å². The lowest BCUT2D eigenvalue weighted by Crippen LogP contribution is -2.15. The highest BCUT2D eigenvalue weighted by Crippen LogP contribution is 2.13. The molecule has 0 aliphatic carbocycles. The van der Waals surface area contributed by atoms with E-state index in [0.29, 0.717) is 22.6 Å². The number of ether oxygens (including phenoxy) is 2. The Morgan fingerprint density at radius 3 is 1.77 bits per heavy atom. The normalized spacial score (nSPS) is 10.9. The maximum absolute atomic E-state index is 11.8. The summed E-state index contributed by atoms with van der Waals surface area (Å²) in [6.45, 7) is 0. The van der Waals surface area contributed by atoms with Crippen LogP contribution in [0, 0.1) is 0 Å². The van der Waals surface area contributed by atoms with Gasteiger partial charge in [-0.2, -0.15) is 0 Å². The fourth-order valence-electron chi connectivity index (χ4n) is 1.68. The molecule has 6 heteroatoms. The molecule has 6 nitrogen and oxygen atoms in total. The third kappa shape index (κ3) is 3.76. The van der Waals surface area contributed by atoms with Crippen LogP contribution in [0.15, 0.2) is 53.7 Å². The Labute approximate surface area is 128 Å².